The Morgan fingerprint density at radius 2 is 2.57 bits per heavy atom. The van der Waals surface area contributed by atoms with Crippen LogP contribution >= 0.6 is 19.8 Å². The van der Waals surface area contributed by atoms with Crippen LogP contribution in [0, 0.1) is 0 Å². The molecule has 7 heavy (non-hydrogen) atoms. The number of fused-ring (bicyclic) bond motifs is 1. The quantitative estimate of drug-likeness (QED) is 0.384. The van der Waals surface area contributed by atoms with Crippen LogP contribution in [0.4, 0.5) is 0 Å². The van der Waals surface area contributed by atoms with Crippen LogP contribution in [0.3, 0.4) is 0 Å². The molecule has 2 saturated heterocycles. The van der Waals surface area contributed by atoms with Crippen LogP contribution < -0.4 is 5.32 Å². The van der Waals surface area contributed by atoms with E-state index in [9.17, 15) is 0 Å². The summed E-state index contributed by atoms with van der Waals surface area (Å²) in [4.78, 5) is 0. The zero-order chi connectivity index (χ0) is 4.91. The van der Waals surface area contributed by atoms with Gasteiger partial charge in [-0.3, -0.25) is 0 Å². The third-order valence-electron chi connectivity index (χ3n) is 1.97. The second-order valence-corrected chi connectivity index (χ2v) is 8.75. The van der Waals surface area contributed by atoms with E-state index >= 15 is 0 Å². The van der Waals surface area contributed by atoms with Gasteiger partial charge in [-0.05, 0) is 0 Å². The molecule has 0 radical (unpaired) electrons. The summed E-state index contributed by atoms with van der Waals surface area (Å²) in [6, 6.07) is 0. The molecule has 1 nitrogen and oxygen atoms in total. The molecule has 0 saturated carbocycles. The molecule has 2 heteroatoms. The summed E-state index contributed by atoms with van der Waals surface area (Å²) in [7, 11) is 2.12. The van der Waals surface area contributed by atoms with Gasteiger partial charge in [0.25, 0.3) is 0 Å². The Hall–Kier alpha value is 0.690. The molecule has 0 bridgehead atoms. The molecular weight excluding hydrogens is 201 g/mol. The number of nitrogens with one attached hydrogen (secondary N) is 1. The number of hydrogen-bond acceptors (Lipinski definition) is 1. The number of halogens is 1. The summed E-state index contributed by atoms with van der Waals surface area (Å²) in [5, 5.41) is 3.42. The van der Waals surface area contributed by atoms with Crippen molar-refractivity contribution in [3.05, 3.63) is 0 Å². The van der Waals surface area contributed by atoms with Crippen LogP contribution in [0.1, 0.15) is 6.42 Å². The van der Waals surface area contributed by atoms with Crippen LogP contribution in [0.15, 0.2) is 0 Å². The third kappa shape index (κ3) is 0.421. The van der Waals surface area contributed by atoms with Gasteiger partial charge in [-0.1, -0.05) is 0 Å². The van der Waals surface area contributed by atoms with Gasteiger partial charge in [0.05, 0.1) is 0 Å². The van der Waals surface area contributed by atoms with Gasteiger partial charge < -0.3 is 0 Å². The van der Waals surface area contributed by atoms with Crippen molar-refractivity contribution in [2.24, 2.45) is 0 Å². The standard InChI is InChI=1S/C5H10IN/c1-7-5-2-3-6(5)4-5/h7H,2-4H2,1H3. The molecule has 0 amide bonds. The molecule has 2 aliphatic heterocycles. The van der Waals surface area contributed by atoms with Crippen molar-refractivity contribution in [3.63, 3.8) is 0 Å². The minimum absolute atomic E-state index is 0.194. The Morgan fingerprint density at radius 1 is 1.71 bits per heavy atom. The fourth-order valence-electron chi connectivity index (χ4n) is 1.15. The van der Waals surface area contributed by atoms with Crippen molar-refractivity contribution in [2.75, 3.05) is 15.9 Å². The zero-order valence-corrected chi connectivity index (χ0v) is 6.66. The molecule has 1 unspecified atom stereocenters. The number of rotatable bonds is 1. The summed E-state index contributed by atoms with van der Waals surface area (Å²) in [5.74, 6) is 0. The van der Waals surface area contributed by atoms with E-state index in [2.05, 4.69) is 12.4 Å². The van der Waals surface area contributed by atoms with Gasteiger partial charge in [-0.25, -0.2) is 0 Å². The van der Waals surface area contributed by atoms with E-state index in [1.807, 2.05) is 0 Å². The van der Waals surface area contributed by atoms with Gasteiger partial charge in [-0.2, -0.15) is 0 Å². The van der Waals surface area contributed by atoms with E-state index in [0.717, 1.165) is 3.55 Å². The Balaban J connectivity index is 2.06. The van der Waals surface area contributed by atoms with E-state index in [1.54, 1.807) is 8.86 Å². The molecule has 42 valence electrons. The molecule has 0 aromatic carbocycles. The van der Waals surface area contributed by atoms with E-state index in [4.69, 9.17) is 0 Å². The molecule has 2 rings (SSSR count). The SMILES string of the molecule is CNC12CCI1C2. The first-order chi connectivity index (χ1) is 3.37. The predicted octanol–water partition coefficient (Wildman–Crippen LogP) is 0.826. The van der Waals surface area contributed by atoms with Crippen LogP contribution in [0.25, 0.3) is 0 Å². The number of hydrogen-bond donors (Lipinski definition) is 1. The van der Waals surface area contributed by atoms with Crippen LogP contribution in [0.5, 0.6) is 0 Å². The summed E-state index contributed by atoms with van der Waals surface area (Å²) in [5.41, 5.74) is 0. The molecule has 0 aromatic rings. The van der Waals surface area contributed by atoms with Gasteiger partial charge >= 0.3 is 51.0 Å². The maximum absolute atomic E-state index is 3.42. The monoisotopic (exact) mass is 211 g/mol. The Bertz CT molecular complexity index is 94.7. The number of alkyl halides is 3. The minimum atomic E-state index is -0.194. The Morgan fingerprint density at radius 3 is 2.57 bits per heavy atom. The molecule has 0 spiro atoms. The van der Waals surface area contributed by atoms with Crippen molar-refractivity contribution >= 4 is 19.8 Å². The average Bonchev–Trinajstić information content (AvgIpc) is 2.12. The molecule has 2 fully saturated rings. The van der Waals surface area contributed by atoms with Gasteiger partial charge in [0.2, 0.25) is 0 Å². The van der Waals surface area contributed by atoms with Gasteiger partial charge in [0.1, 0.15) is 0 Å². The Kier molecular flexibility index (Phi) is 0.752. The second kappa shape index (κ2) is 1.16. The molecule has 0 aliphatic carbocycles. The van der Waals surface area contributed by atoms with Crippen LogP contribution in [-0.4, -0.2) is 19.4 Å². The van der Waals surface area contributed by atoms with Crippen LogP contribution in [-0.2, 0) is 0 Å². The first-order valence-corrected chi connectivity index (χ1v) is 6.81. The first kappa shape index (κ1) is 4.56. The van der Waals surface area contributed by atoms with E-state index in [-0.39, 0.29) is 19.8 Å². The van der Waals surface area contributed by atoms with Crippen molar-refractivity contribution in [2.45, 2.75) is 9.97 Å². The first-order valence-electron chi connectivity index (χ1n) is 2.68. The molecule has 0 aromatic heterocycles. The molecule has 1 atom stereocenters. The maximum atomic E-state index is 3.42. The average molecular weight is 211 g/mol. The summed E-state index contributed by atoms with van der Waals surface area (Å²) in [6.07, 6.45) is 1.51. The van der Waals surface area contributed by atoms with Crippen molar-refractivity contribution in [1.29, 1.82) is 0 Å². The third-order valence-corrected chi connectivity index (χ3v) is 9.50. The topological polar surface area (TPSA) is 12.0 Å². The second-order valence-electron chi connectivity index (χ2n) is 2.24. The zero-order valence-electron chi connectivity index (χ0n) is 4.50. The van der Waals surface area contributed by atoms with Gasteiger partial charge in [-0.15, -0.1) is 0 Å². The van der Waals surface area contributed by atoms with Gasteiger partial charge in [0.15, 0.2) is 0 Å². The molecule has 2 heterocycles. The normalized spacial score (nSPS) is 50.1. The van der Waals surface area contributed by atoms with Crippen molar-refractivity contribution in [3.8, 4) is 0 Å². The Labute approximate surface area is 51.2 Å². The molecule has 1 N–H and O–H groups in total. The van der Waals surface area contributed by atoms with E-state index in [0.29, 0.717) is 0 Å². The van der Waals surface area contributed by atoms with Gasteiger partial charge in [0, 0.05) is 0 Å². The van der Waals surface area contributed by atoms with E-state index in [1.165, 1.54) is 6.42 Å². The van der Waals surface area contributed by atoms with Crippen molar-refractivity contribution < 1.29 is 0 Å². The van der Waals surface area contributed by atoms with Crippen molar-refractivity contribution in [1.82, 2.24) is 5.32 Å². The summed E-state index contributed by atoms with van der Waals surface area (Å²) < 4.78 is 4.10. The summed E-state index contributed by atoms with van der Waals surface area (Å²) in [6.45, 7) is 0. The molecular formula is C5H10IN. The fourth-order valence-corrected chi connectivity index (χ4v) is 8.34. The fraction of sp³-hybridized carbons (Fsp3) is 1.00. The molecule has 2 aliphatic rings. The summed E-state index contributed by atoms with van der Waals surface area (Å²) >= 11 is -0.194. The van der Waals surface area contributed by atoms with E-state index < -0.39 is 0 Å². The predicted molar refractivity (Wildman–Crippen MR) is 40.2 cm³/mol. The van der Waals surface area contributed by atoms with Crippen LogP contribution in [0.2, 0.25) is 0 Å².